The van der Waals surface area contributed by atoms with Crippen molar-refractivity contribution in [2.75, 3.05) is 13.7 Å². The smallest absolute Gasteiger partial charge is 0.197 e. The SMILES string of the molecule is CCc1ccc(Cc2cc(C3(OC)CC(O)CC(CO)O3)cc(OC(C)C)c2C#N)cc1. The van der Waals surface area contributed by atoms with Gasteiger partial charge in [0.25, 0.3) is 0 Å². The second kappa shape index (κ2) is 10.5. The molecule has 32 heavy (non-hydrogen) atoms. The van der Waals surface area contributed by atoms with Crippen molar-refractivity contribution in [3.05, 3.63) is 64.2 Å². The highest BCUT2D eigenvalue weighted by Crippen LogP contribution is 2.41. The van der Waals surface area contributed by atoms with Crippen LogP contribution in [0.2, 0.25) is 0 Å². The van der Waals surface area contributed by atoms with Crippen molar-refractivity contribution in [3.63, 3.8) is 0 Å². The van der Waals surface area contributed by atoms with E-state index in [0.717, 1.165) is 17.5 Å². The first-order valence-corrected chi connectivity index (χ1v) is 11.2. The minimum atomic E-state index is -1.24. The maximum Gasteiger partial charge on any atom is 0.197 e. The molecular weight excluding hydrogens is 406 g/mol. The number of nitriles is 1. The van der Waals surface area contributed by atoms with E-state index in [2.05, 4.69) is 37.3 Å². The number of nitrogens with zero attached hydrogens (tertiary/aromatic N) is 1. The van der Waals surface area contributed by atoms with Crippen molar-refractivity contribution in [1.82, 2.24) is 0 Å². The Morgan fingerprint density at radius 1 is 1.22 bits per heavy atom. The molecule has 1 aliphatic heterocycles. The highest BCUT2D eigenvalue weighted by Gasteiger charge is 2.43. The summed E-state index contributed by atoms with van der Waals surface area (Å²) in [5.74, 6) is -0.782. The Balaban J connectivity index is 2.11. The van der Waals surface area contributed by atoms with Crippen LogP contribution in [0.1, 0.15) is 61.4 Å². The van der Waals surface area contributed by atoms with Gasteiger partial charge in [0.15, 0.2) is 5.79 Å². The van der Waals surface area contributed by atoms with Crippen molar-refractivity contribution in [2.45, 2.75) is 70.6 Å². The summed E-state index contributed by atoms with van der Waals surface area (Å²) < 4.78 is 17.9. The number of aliphatic hydroxyl groups is 2. The maximum absolute atomic E-state index is 10.5. The molecule has 0 spiro atoms. The number of benzene rings is 2. The van der Waals surface area contributed by atoms with E-state index in [-0.39, 0.29) is 19.1 Å². The topological polar surface area (TPSA) is 91.9 Å². The molecule has 0 aliphatic carbocycles. The van der Waals surface area contributed by atoms with Crippen LogP contribution >= 0.6 is 0 Å². The van der Waals surface area contributed by atoms with Crippen molar-refractivity contribution in [3.8, 4) is 11.8 Å². The normalized spacial score (nSPS) is 23.2. The van der Waals surface area contributed by atoms with Crippen LogP contribution in [-0.4, -0.2) is 42.2 Å². The zero-order valence-electron chi connectivity index (χ0n) is 19.3. The monoisotopic (exact) mass is 439 g/mol. The standard InChI is InChI=1S/C26H33NO5/c1-5-18-6-8-19(9-7-18)10-20-11-21(12-25(24(20)15-27)31-17(2)3)26(30-4)14-22(29)13-23(16-28)32-26/h6-9,11-12,17,22-23,28-29H,5,10,13-14,16H2,1-4H3. The van der Waals surface area contributed by atoms with Gasteiger partial charge in [-0.25, -0.2) is 0 Å². The Hall–Kier alpha value is -2.43. The van der Waals surface area contributed by atoms with Gasteiger partial charge in [-0.3, -0.25) is 0 Å². The van der Waals surface area contributed by atoms with Gasteiger partial charge >= 0.3 is 0 Å². The van der Waals surface area contributed by atoms with Crippen molar-refractivity contribution in [1.29, 1.82) is 5.26 Å². The lowest BCUT2D eigenvalue weighted by molar-refractivity contribution is -0.299. The lowest BCUT2D eigenvalue weighted by Crippen LogP contribution is -2.46. The first kappa shape index (κ1) is 24.2. The van der Waals surface area contributed by atoms with E-state index >= 15 is 0 Å². The van der Waals surface area contributed by atoms with Crippen LogP contribution in [0.25, 0.3) is 0 Å². The molecule has 172 valence electrons. The average molecular weight is 440 g/mol. The van der Waals surface area contributed by atoms with Gasteiger partial charge in [-0.2, -0.15) is 5.26 Å². The Morgan fingerprint density at radius 3 is 2.47 bits per heavy atom. The van der Waals surface area contributed by atoms with Crippen LogP contribution in [0.5, 0.6) is 5.75 Å². The van der Waals surface area contributed by atoms with Crippen LogP contribution in [-0.2, 0) is 28.1 Å². The van der Waals surface area contributed by atoms with Crippen LogP contribution in [0, 0.1) is 11.3 Å². The third-order valence-electron chi connectivity index (χ3n) is 5.85. The summed E-state index contributed by atoms with van der Waals surface area (Å²) in [6.45, 7) is 5.71. The van der Waals surface area contributed by atoms with E-state index in [9.17, 15) is 15.5 Å². The Bertz CT molecular complexity index is 950. The molecule has 6 nitrogen and oxygen atoms in total. The number of methoxy groups -OCH3 is 1. The molecule has 0 amide bonds. The van der Waals surface area contributed by atoms with Gasteiger partial charge < -0.3 is 24.4 Å². The largest absolute Gasteiger partial charge is 0.490 e. The van der Waals surface area contributed by atoms with Gasteiger partial charge in [-0.05, 0) is 55.5 Å². The van der Waals surface area contributed by atoms with E-state index in [1.807, 2.05) is 19.9 Å². The molecule has 1 aliphatic rings. The second-order valence-corrected chi connectivity index (χ2v) is 8.61. The fraction of sp³-hybridized carbons (Fsp3) is 0.500. The van der Waals surface area contributed by atoms with Crippen LogP contribution in [0.15, 0.2) is 36.4 Å². The Morgan fingerprint density at radius 2 is 1.91 bits per heavy atom. The van der Waals surface area contributed by atoms with Crippen molar-refractivity contribution < 1.29 is 24.4 Å². The molecule has 0 saturated carbocycles. The molecule has 3 rings (SSSR count). The van der Waals surface area contributed by atoms with Crippen molar-refractivity contribution in [2.24, 2.45) is 0 Å². The highest BCUT2D eigenvalue weighted by atomic mass is 16.7. The lowest BCUT2D eigenvalue weighted by Gasteiger charge is -2.42. The van der Waals surface area contributed by atoms with E-state index in [1.165, 1.54) is 12.7 Å². The molecule has 0 radical (unpaired) electrons. The number of aliphatic hydroxyl groups excluding tert-OH is 2. The molecule has 1 heterocycles. The molecule has 6 heteroatoms. The molecule has 2 aromatic carbocycles. The third-order valence-corrected chi connectivity index (χ3v) is 5.85. The Labute approximate surface area is 190 Å². The molecular formula is C26H33NO5. The molecule has 1 fully saturated rings. The zero-order chi connectivity index (χ0) is 23.3. The molecule has 2 N–H and O–H groups in total. The zero-order valence-corrected chi connectivity index (χ0v) is 19.3. The number of ether oxygens (including phenoxy) is 3. The van der Waals surface area contributed by atoms with Crippen LogP contribution < -0.4 is 4.74 Å². The molecule has 0 aromatic heterocycles. The molecule has 3 unspecified atom stereocenters. The van der Waals surface area contributed by atoms with E-state index < -0.39 is 18.0 Å². The predicted molar refractivity (Wildman–Crippen MR) is 121 cm³/mol. The number of aryl methyl sites for hydroxylation is 1. The first-order chi connectivity index (χ1) is 15.3. The number of hydrogen-bond acceptors (Lipinski definition) is 6. The summed E-state index contributed by atoms with van der Waals surface area (Å²) in [7, 11) is 1.52. The summed E-state index contributed by atoms with van der Waals surface area (Å²) in [4.78, 5) is 0. The van der Waals surface area contributed by atoms with E-state index in [4.69, 9.17) is 14.2 Å². The lowest BCUT2D eigenvalue weighted by atomic mass is 9.88. The Kier molecular flexibility index (Phi) is 7.91. The third kappa shape index (κ3) is 5.31. The van der Waals surface area contributed by atoms with Gasteiger partial charge in [0.2, 0.25) is 0 Å². The fourth-order valence-electron chi connectivity index (χ4n) is 4.23. The molecule has 3 atom stereocenters. The number of hydrogen-bond donors (Lipinski definition) is 2. The molecule has 0 bridgehead atoms. The summed E-state index contributed by atoms with van der Waals surface area (Å²) >= 11 is 0. The quantitative estimate of drug-likeness (QED) is 0.650. The summed E-state index contributed by atoms with van der Waals surface area (Å²) in [5, 5.41) is 30.1. The fourth-order valence-corrected chi connectivity index (χ4v) is 4.23. The molecule has 2 aromatic rings. The van der Waals surface area contributed by atoms with Gasteiger partial charge in [-0.15, -0.1) is 0 Å². The van der Waals surface area contributed by atoms with Gasteiger partial charge in [0.1, 0.15) is 11.8 Å². The highest BCUT2D eigenvalue weighted by molar-refractivity contribution is 5.54. The van der Waals surface area contributed by atoms with Crippen LogP contribution in [0.4, 0.5) is 0 Å². The summed E-state index contributed by atoms with van der Waals surface area (Å²) in [5.41, 5.74) is 4.27. The second-order valence-electron chi connectivity index (χ2n) is 8.61. The van der Waals surface area contributed by atoms with Gasteiger partial charge in [0, 0.05) is 25.5 Å². The minimum Gasteiger partial charge on any atom is -0.490 e. The first-order valence-electron chi connectivity index (χ1n) is 11.2. The molecule has 1 saturated heterocycles. The average Bonchev–Trinajstić information content (AvgIpc) is 2.78. The van der Waals surface area contributed by atoms with Gasteiger partial charge in [-0.1, -0.05) is 31.2 Å². The summed E-state index contributed by atoms with van der Waals surface area (Å²) in [6.07, 6.45) is 0.705. The predicted octanol–water partition coefficient (Wildman–Crippen LogP) is 3.83. The van der Waals surface area contributed by atoms with E-state index in [0.29, 0.717) is 29.7 Å². The summed E-state index contributed by atoms with van der Waals surface area (Å²) in [6, 6.07) is 14.3. The minimum absolute atomic E-state index is 0.129. The van der Waals surface area contributed by atoms with E-state index in [1.54, 1.807) is 6.07 Å². The van der Waals surface area contributed by atoms with Crippen LogP contribution in [0.3, 0.4) is 0 Å². The van der Waals surface area contributed by atoms with Crippen molar-refractivity contribution >= 4 is 0 Å². The maximum atomic E-state index is 10.5. The van der Waals surface area contributed by atoms with Gasteiger partial charge in [0.05, 0.1) is 30.5 Å². The number of rotatable bonds is 8.